The number of aliphatic imine (C=N–C) groups is 1. The zero-order chi connectivity index (χ0) is 16.1. The van der Waals surface area contributed by atoms with Crippen molar-refractivity contribution in [3.63, 3.8) is 0 Å². The second kappa shape index (κ2) is 7.66. The summed E-state index contributed by atoms with van der Waals surface area (Å²) in [6.07, 6.45) is 0.895. The summed E-state index contributed by atoms with van der Waals surface area (Å²) in [5, 5.41) is 3.34. The number of guanidine groups is 1. The molecule has 2 heterocycles. The Kier molecular flexibility index (Phi) is 5.35. The summed E-state index contributed by atoms with van der Waals surface area (Å²) in [4.78, 5) is 6.92. The van der Waals surface area contributed by atoms with Crippen LogP contribution in [0.4, 0.5) is 0 Å². The fourth-order valence-corrected chi connectivity index (χ4v) is 3.08. The van der Waals surface area contributed by atoms with E-state index in [1.807, 2.05) is 18.2 Å². The van der Waals surface area contributed by atoms with Crippen LogP contribution in [-0.4, -0.2) is 56.4 Å². The monoisotopic (exact) mass is 318 g/mol. The van der Waals surface area contributed by atoms with Crippen molar-refractivity contribution >= 4 is 5.96 Å². The minimum Gasteiger partial charge on any atom is -0.493 e. The van der Waals surface area contributed by atoms with Crippen LogP contribution in [0.3, 0.4) is 0 Å². The highest BCUT2D eigenvalue weighted by Crippen LogP contribution is 2.31. The zero-order valence-electron chi connectivity index (χ0n) is 13.7. The molecule has 2 atom stereocenters. The van der Waals surface area contributed by atoms with Gasteiger partial charge < -0.3 is 20.5 Å². The predicted molar refractivity (Wildman–Crippen MR) is 90.8 cm³/mol. The van der Waals surface area contributed by atoms with Gasteiger partial charge in [-0.2, -0.15) is 0 Å². The maximum atomic E-state index is 6.09. The SMILES string of the molecule is CC(CN=C(N)NC1CCOc2ccccc21)N1CCOCC1. The van der Waals surface area contributed by atoms with Crippen molar-refractivity contribution in [2.75, 3.05) is 39.5 Å². The van der Waals surface area contributed by atoms with Gasteiger partial charge >= 0.3 is 0 Å². The highest BCUT2D eigenvalue weighted by Gasteiger charge is 2.21. The van der Waals surface area contributed by atoms with Gasteiger partial charge in [0.15, 0.2) is 5.96 Å². The van der Waals surface area contributed by atoms with Gasteiger partial charge in [0.05, 0.1) is 32.4 Å². The number of morpholine rings is 1. The summed E-state index contributed by atoms with van der Waals surface area (Å²) in [6.45, 7) is 7.14. The molecule has 1 fully saturated rings. The van der Waals surface area contributed by atoms with Crippen LogP contribution in [0.25, 0.3) is 0 Å². The van der Waals surface area contributed by atoms with Crippen LogP contribution in [-0.2, 0) is 4.74 Å². The van der Waals surface area contributed by atoms with E-state index in [2.05, 4.69) is 28.2 Å². The number of hydrogen-bond acceptors (Lipinski definition) is 4. The lowest BCUT2D eigenvalue weighted by Gasteiger charge is -2.31. The van der Waals surface area contributed by atoms with E-state index in [1.54, 1.807) is 0 Å². The summed E-state index contributed by atoms with van der Waals surface area (Å²) >= 11 is 0. The van der Waals surface area contributed by atoms with Crippen molar-refractivity contribution in [3.8, 4) is 5.75 Å². The minimum absolute atomic E-state index is 0.169. The van der Waals surface area contributed by atoms with E-state index in [0.29, 0.717) is 25.2 Å². The van der Waals surface area contributed by atoms with Crippen LogP contribution < -0.4 is 15.8 Å². The molecule has 1 saturated heterocycles. The molecule has 1 aromatic rings. The fraction of sp³-hybridized carbons (Fsp3) is 0.588. The van der Waals surface area contributed by atoms with Crippen molar-refractivity contribution in [1.82, 2.24) is 10.2 Å². The first-order valence-corrected chi connectivity index (χ1v) is 8.34. The van der Waals surface area contributed by atoms with Crippen molar-refractivity contribution in [2.45, 2.75) is 25.4 Å². The zero-order valence-corrected chi connectivity index (χ0v) is 13.7. The van der Waals surface area contributed by atoms with E-state index in [-0.39, 0.29) is 6.04 Å². The molecule has 0 aromatic heterocycles. The second-order valence-corrected chi connectivity index (χ2v) is 6.10. The molecule has 2 unspecified atom stereocenters. The average molecular weight is 318 g/mol. The third kappa shape index (κ3) is 4.14. The van der Waals surface area contributed by atoms with Gasteiger partial charge in [0, 0.05) is 31.1 Å². The fourth-order valence-electron chi connectivity index (χ4n) is 3.08. The minimum atomic E-state index is 0.169. The van der Waals surface area contributed by atoms with Crippen molar-refractivity contribution in [2.24, 2.45) is 10.7 Å². The summed E-state index contributed by atoms with van der Waals surface area (Å²) in [5.41, 5.74) is 7.25. The molecule has 1 aromatic carbocycles. The number of fused-ring (bicyclic) bond motifs is 1. The molecule has 0 spiro atoms. The summed E-state index contributed by atoms with van der Waals surface area (Å²) in [7, 11) is 0. The standard InChI is InChI=1S/C17H26N4O2/c1-13(21-7-10-22-11-8-21)12-19-17(18)20-15-6-9-23-16-5-3-2-4-14(15)16/h2-5,13,15H,6-12H2,1H3,(H3,18,19,20). The van der Waals surface area contributed by atoms with E-state index in [9.17, 15) is 0 Å². The lowest BCUT2D eigenvalue weighted by Crippen LogP contribution is -2.44. The maximum Gasteiger partial charge on any atom is 0.189 e. The molecule has 2 aliphatic rings. The van der Waals surface area contributed by atoms with Gasteiger partial charge in [-0.3, -0.25) is 9.89 Å². The first kappa shape index (κ1) is 16.1. The molecule has 0 saturated carbocycles. The van der Waals surface area contributed by atoms with Crippen LogP contribution in [0, 0.1) is 0 Å². The van der Waals surface area contributed by atoms with Gasteiger partial charge in [0.1, 0.15) is 5.75 Å². The quantitative estimate of drug-likeness (QED) is 0.643. The summed E-state index contributed by atoms with van der Waals surface area (Å²) in [6, 6.07) is 8.63. The lowest BCUT2D eigenvalue weighted by atomic mass is 10.0. The molecule has 2 aliphatic heterocycles. The topological polar surface area (TPSA) is 72.1 Å². The van der Waals surface area contributed by atoms with Gasteiger partial charge in [-0.15, -0.1) is 0 Å². The molecule has 126 valence electrons. The Balaban J connectivity index is 1.55. The first-order valence-electron chi connectivity index (χ1n) is 8.34. The number of rotatable bonds is 4. The Morgan fingerprint density at radius 2 is 2.13 bits per heavy atom. The molecule has 3 N–H and O–H groups in total. The second-order valence-electron chi connectivity index (χ2n) is 6.10. The molecule has 0 bridgehead atoms. The largest absolute Gasteiger partial charge is 0.493 e. The van der Waals surface area contributed by atoms with E-state index in [0.717, 1.165) is 44.0 Å². The van der Waals surface area contributed by atoms with Crippen LogP contribution in [0.15, 0.2) is 29.3 Å². The van der Waals surface area contributed by atoms with Gasteiger partial charge in [0.25, 0.3) is 0 Å². The van der Waals surface area contributed by atoms with Gasteiger partial charge in [-0.05, 0) is 13.0 Å². The third-order valence-electron chi connectivity index (χ3n) is 4.48. The maximum absolute atomic E-state index is 6.09. The van der Waals surface area contributed by atoms with Gasteiger partial charge in [0.2, 0.25) is 0 Å². The van der Waals surface area contributed by atoms with E-state index in [1.165, 1.54) is 0 Å². The number of para-hydroxylation sites is 1. The molecule has 3 rings (SSSR count). The average Bonchev–Trinajstić information content (AvgIpc) is 2.61. The Bertz CT molecular complexity index is 543. The van der Waals surface area contributed by atoms with Crippen LogP contribution in [0.1, 0.15) is 24.9 Å². The van der Waals surface area contributed by atoms with Crippen molar-refractivity contribution in [3.05, 3.63) is 29.8 Å². The molecule has 0 radical (unpaired) electrons. The Hall–Kier alpha value is -1.79. The molecule has 0 amide bonds. The van der Waals surface area contributed by atoms with Crippen LogP contribution in [0.2, 0.25) is 0 Å². The van der Waals surface area contributed by atoms with Crippen LogP contribution >= 0.6 is 0 Å². The lowest BCUT2D eigenvalue weighted by molar-refractivity contribution is 0.0220. The number of nitrogens with one attached hydrogen (secondary N) is 1. The highest BCUT2D eigenvalue weighted by atomic mass is 16.5. The summed E-state index contributed by atoms with van der Waals surface area (Å²) in [5.74, 6) is 1.44. The highest BCUT2D eigenvalue weighted by molar-refractivity contribution is 5.78. The molecule has 6 heteroatoms. The molecular formula is C17H26N4O2. The number of nitrogens with zero attached hydrogens (tertiary/aromatic N) is 2. The molecule has 23 heavy (non-hydrogen) atoms. The van der Waals surface area contributed by atoms with Gasteiger partial charge in [-0.25, -0.2) is 0 Å². The van der Waals surface area contributed by atoms with Crippen LogP contribution in [0.5, 0.6) is 5.75 Å². The van der Waals surface area contributed by atoms with E-state index >= 15 is 0 Å². The number of ether oxygens (including phenoxy) is 2. The van der Waals surface area contributed by atoms with Gasteiger partial charge in [-0.1, -0.05) is 18.2 Å². The van der Waals surface area contributed by atoms with Crippen molar-refractivity contribution in [1.29, 1.82) is 0 Å². The third-order valence-corrected chi connectivity index (χ3v) is 4.48. The first-order chi connectivity index (χ1) is 11.2. The normalized spacial score (nSPS) is 23.7. The summed E-state index contributed by atoms with van der Waals surface area (Å²) < 4.78 is 11.1. The van der Waals surface area contributed by atoms with E-state index < -0.39 is 0 Å². The van der Waals surface area contributed by atoms with Crippen molar-refractivity contribution < 1.29 is 9.47 Å². The Labute approximate surface area is 137 Å². The Morgan fingerprint density at radius 3 is 2.96 bits per heavy atom. The number of nitrogens with two attached hydrogens (primary N) is 1. The number of benzene rings is 1. The molecule has 6 nitrogen and oxygen atoms in total. The number of hydrogen-bond donors (Lipinski definition) is 2. The molecular weight excluding hydrogens is 292 g/mol. The van der Waals surface area contributed by atoms with E-state index in [4.69, 9.17) is 15.2 Å². The predicted octanol–water partition coefficient (Wildman–Crippen LogP) is 1.14. The molecule has 0 aliphatic carbocycles. The smallest absolute Gasteiger partial charge is 0.189 e. The Morgan fingerprint density at radius 1 is 1.35 bits per heavy atom.